The van der Waals surface area contributed by atoms with E-state index < -0.39 is 11.8 Å². The van der Waals surface area contributed by atoms with Crippen molar-refractivity contribution in [1.29, 1.82) is 0 Å². The maximum absolute atomic E-state index is 14.9. The summed E-state index contributed by atoms with van der Waals surface area (Å²) in [5, 5.41) is 8.88. The highest BCUT2D eigenvalue weighted by atomic mass is 32.1. The molecular weight excluding hydrogens is 571 g/mol. The molecule has 0 atom stereocenters. The van der Waals surface area contributed by atoms with Crippen LogP contribution in [0.3, 0.4) is 0 Å². The number of thiophene rings is 1. The Morgan fingerprint density at radius 2 is 1.81 bits per heavy atom. The fourth-order valence-corrected chi connectivity index (χ4v) is 6.24. The van der Waals surface area contributed by atoms with Gasteiger partial charge in [-0.2, -0.15) is 0 Å². The van der Waals surface area contributed by atoms with Gasteiger partial charge in [0.25, 0.3) is 5.91 Å². The molecule has 1 aromatic carbocycles. The van der Waals surface area contributed by atoms with Crippen LogP contribution < -0.4 is 4.74 Å². The van der Waals surface area contributed by atoms with Gasteiger partial charge in [0.2, 0.25) is 0 Å². The third-order valence-electron chi connectivity index (χ3n) is 7.77. The first-order valence-corrected chi connectivity index (χ1v) is 15.2. The lowest BCUT2D eigenvalue weighted by Crippen LogP contribution is -2.49. The number of nitrogens with zero attached hydrogens (tertiary/aromatic N) is 4. The second-order valence-corrected chi connectivity index (χ2v) is 12.1. The number of ketones is 1. The lowest BCUT2D eigenvalue weighted by molar-refractivity contribution is -0.137. The van der Waals surface area contributed by atoms with Crippen molar-refractivity contribution in [3.63, 3.8) is 0 Å². The number of piperazine rings is 1. The SMILES string of the molecule is O=C(O)CCN1CCN(C(=O)c2ccc(-c3cc4nccc(Oc5ccc(CC(=O)CC6CC6)cc5F)c4s3)nc2)CC1. The molecule has 2 fully saturated rings. The second kappa shape index (κ2) is 12.6. The maximum Gasteiger partial charge on any atom is 0.304 e. The summed E-state index contributed by atoms with van der Waals surface area (Å²) >= 11 is 1.41. The lowest BCUT2D eigenvalue weighted by Gasteiger charge is -2.34. The molecule has 222 valence electrons. The molecule has 0 radical (unpaired) electrons. The summed E-state index contributed by atoms with van der Waals surface area (Å²) in [7, 11) is 0. The minimum Gasteiger partial charge on any atom is -0.481 e. The summed E-state index contributed by atoms with van der Waals surface area (Å²) < 4.78 is 21.6. The van der Waals surface area contributed by atoms with Gasteiger partial charge in [-0.3, -0.25) is 29.3 Å². The average molecular weight is 603 g/mol. The zero-order valence-electron chi connectivity index (χ0n) is 23.5. The quantitative estimate of drug-likeness (QED) is 0.242. The number of rotatable bonds is 11. The van der Waals surface area contributed by atoms with Crippen LogP contribution in [-0.4, -0.2) is 75.3 Å². The van der Waals surface area contributed by atoms with Gasteiger partial charge in [-0.05, 0) is 54.7 Å². The molecule has 1 saturated carbocycles. The molecule has 1 aliphatic heterocycles. The molecule has 0 bridgehead atoms. The standard InChI is InChI=1S/C32H31FN4O5S/c33-24-17-21(16-23(38)15-20-1-2-20)3-6-27(24)42-28-7-9-34-26-18-29(43-31(26)28)25-5-4-22(19-35-25)32(41)37-13-11-36(12-14-37)10-8-30(39)40/h3-7,9,17-20H,1-2,8,10-16H2,(H,39,40). The van der Waals surface area contributed by atoms with Crippen molar-refractivity contribution in [3.05, 3.63) is 71.8 Å². The molecule has 2 aliphatic rings. The zero-order valence-corrected chi connectivity index (χ0v) is 24.3. The highest BCUT2D eigenvalue weighted by Crippen LogP contribution is 2.39. The molecule has 1 aliphatic carbocycles. The lowest BCUT2D eigenvalue weighted by atomic mass is 10.0. The van der Waals surface area contributed by atoms with Crippen LogP contribution in [0.5, 0.6) is 11.5 Å². The summed E-state index contributed by atoms with van der Waals surface area (Å²) in [6.07, 6.45) is 6.27. The Bertz CT molecular complexity index is 1660. The number of pyridine rings is 2. The number of hydrogen-bond donors (Lipinski definition) is 1. The van der Waals surface area contributed by atoms with Gasteiger partial charge in [0.05, 0.1) is 32.8 Å². The van der Waals surface area contributed by atoms with Crippen LogP contribution in [-0.2, 0) is 16.0 Å². The van der Waals surface area contributed by atoms with Gasteiger partial charge in [0, 0.05) is 64.0 Å². The van der Waals surface area contributed by atoms with Crippen LogP contribution in [0.1, 0.15) is 41.6 Å². The van der Waals surface area contributed by atoms with E-state index in [-0.39, 0.29) is 30.3 Å². The average Bonchev–Trinajstić information content (AvgIpc) is 3.70. The molecular formula is C32H31FN4O5S. The number of carboxylic acids is 1. The van der Waals surface area contributed by atoms with Gasteiger partial charge in [-0.15, -0.1) is 11.3 Å². The molecule has 4 aromatic rings. The van der Waals surface area contributed by atoms with Crippen LogP contribution in [0.15, 0.2) is 54.9 Å². The highest BCUT2D eigenvalue weighted by molar-refractivity contribution is 7.22. The van der Waals surface area contributed by atoms with Gasteiger partial charge in [0.1, 0.15) is 11.5 Å². The molecule has 3 aromatic heterocycles. The van der Waals surface area contributed by atoms with E-state index in [0.29, 0.717) is 73.1 Å². The number of carboxylic acid groups (broad SMARTS) is 1. The molecule has 6 rings (SSSR count). The van der Waals surface area contributed by atoms with Gasteiger partial charge < -0.3 is 14.7 Å². The van der Waals surface area contributed by atoms with Crippen LogP contribution in [0.2, 0.25) is 0 Å². The normalized spacial score (nSPS) is 15.5. The molecule has 0 unspecified atom stereocenters. The molecule has 11 heteroatoms. The summed E-state index contributed by atoms with van der Waals surface area (Å²) in [5.74, 6) is -0.275. The summed E-state index contributed by atoms with van der Waals surface area (Å²) in [6.45, 7) is 2.82. The van der Waals surface area contributed by atoms with E-state index in [2.05, 4.69) is 14.9 Å². The van der Waals surface area contributed by atoms with Gasteiger partial charge in [0.15, 0.2) is 11.6 Å². The third-order valence-corrected chi connectivity index (χ3v) is 8.93. The molecule has 1 amide bonds. The van der Waals surface area contributed by atoms with E-state index in [9.17, 15) is 18.8 Å². The number of halogens is 1. The number of ether oxygens (including phenoxy) is 1. The predicted molar refractivity (Wildman–Crippen MR) is 160 cm³/mol. The first-order valence-electron chi connectivity index (χ1n) is 14.4. The molecule has 43 heavy (non-hydrogen) atoms. The van der Waals surface area contributed by atoms with Crippen molar-refractivity contribution in [2.75, 3.05) is 32.7 Å². The molecule has 9 nitrogen and oxygen atoms in total. The number of Topliss-reactive ketones (excluding diaryl/α,β-unsaturated/α-hetero) is 1. The Hall–Kier alpha value is -4.22. The van der Waals surface area contributed by atoms with E-state index >= 15 is 0 Å². The number of amides is 1. The minimum atomic E-state index is -0.824. The molecule has 1 N–H and O–H groups in total. The number of hydrogen-bond acceptors (Lipinski definition) is 8. The zero-order chi connectivity index (χ0) is 29.9. The smallest absolute Gasteiger partial charge is 0.304 e. The Labute approximate surface area is 251 Å². The van der Waals surface area contributed by atoms with E-state index in [1.807, 2.05) is 6.07 Å². The predicted octanol–water partition coefficient (Wildman–Crippen LogP) is 5.43. The van der Waals surface area contributed by atoms with Crippen molar-refractivity contribution in [3.8, 4) is 22.1 Å². The number of carbonyl (C=O) groups is 3. The van der Waals surface area contributed by atoms with Crippen LogP contribution in [0, 0.1) is 11.7 Å². The van der Waals surface area contributed by atoms with E-state index in [4.69, 9.17) is 9.84 Å². The van der Waals surface area contributed by atoms with Gasteiger partial charge >= 0.3 is 5.97 Å². The first-order chi connectivity index (χ1) is 20.8. The van der Waals surface area contributed by atoms with E-state index in [1.165, 1.54) is 17.4 Å². The summed E-state index contributed by atoms with van der Waals surface area (Å²) in [6, 6.07) is 11.8. The monoisotopic (exact) mass is 602 g/mol. The molecule has 0 spiro atoms. The topological polar surface area (TPSA) is 113 Å². The third kappa shape index (κ3) is 7.06. The van der Waals surface area contributed by atoms with Crippen LogP contribution in [0.25, 0.3) is 20.8 Å². The van der Waals surface area contributed by atoms with Crippen molar-refractivity contribution < 1.29 is 28.6 Å². The van der Waals surface area contributed by atoms with E-state index in [1.54, 1.807) is 47.6 Å². The number of benzene rings is 1. The van der Waals surface area contributed by atoms with Crippen LogP contribution in [0.4, 0.5) is 4.39 Å². The highest BCUT2D eigenvalue weighted by Gasteiger charge is 2.25. The number of carbonyl (C=O) groups excluding carboxylic acids is 2. The number of fused-ring (bicyclic) bond motifs is 1. The largest absolute Gasteiger partial charge is 0.481 e. The van der Waals surface area contributed by atoms with E-state index in [0.717, 1.165) is 22.4 Å². The Morgan fingerprint density at radius 3 is 2.51 bits per heavy atom. The fraction of sp³-hybridized carbons (Fsp3) is 0.344. The number of aliphatic carboxylic acids is 1. The maximum atomic E-state index is 14.9. The first kappa shape index (κ1) is 28.9. The van der Waals surface area contributed by atoms with Gasteiger partial charge in [-0.25, -0.2) is 4.39 Å². The Balaban J connectivity index is 1.11. The Morgan fingerprint density at radius 1 is 1.00 bits per heavy atom. The number of aromatic nitrogens is 2. The minimum absolute atomic E-state index is 0.0737. The molecule has 4 heterocycles. The Kier molecular flexibility index (Phi) is 8.44. The van der Waals surface area contributed by atoms with Crippen LogP contribution >= 0.6 is 11.3 Å². The van der Waals surface area contributed by atoms with Gasteiger partial charge in [-0.1, -0.05) is 6.07 Å². The second-order valence-electron chi connectivity index (χ2n) is 11.1. The van der Waals surface area contributed by atoms with Crippen molar-refractivity contribution in [2.45, 2.75) is 32.1 Å². The molecule has 1 saturated heterocycles. The van der Waals surface area contributed by atoms with Crippen molar-refractivity contribution >= 4 is 39.2 Å². The fourth-order valence-electron chi connectivity index (χ4n) is 5.20. The van der Waals surface area contributed by atoms with Crippen molar-refractivity contribution in [1.82, 2.24) is 19.8 Å². The van der Waals surface area contributed by atoms with Crippen molar-refractivity contribution in [2.24, 2.45) is 5.92 Å². The summed E-state index contributed by atoms with van der Waals surface area (Å²) in [4.78, 5) is 49.6. The summed E-state index contributed by atoms with van der Waals surface area (Å²) in [5.41, 5.74) is 2.48.